The Kier molecular flexibility index (Phi) is 9.50. The summed E-state index contributed by atoms with van der Waals surface area (Å²) < 4.78 is 9.82. The highest BCUT2D eigenvalue weighted by Crippen LogP contribution is 2.24. The van der Waals surface area contributed by atoms with Gasteiger partial charge in [-0.2, -0.15) is 9.59 Å². The molecule has 8 heteroatoms. The number of hydrogen-bond donors (Lipinski definition) is 0. The highest BCUT2D eigenvalue weighted by Gasteiger charge is 2.29. The molecule has 2 aliphatic rings. The molecule has 0 N–H and O–H groups in total. The van der Waals surface area contributed by atoms with E-state index in [9.17, 15) is 9.59 Å². The van der Waals surface area contributed by atoms with E-state index < -0.39 is 12.2 Å². The lowest BCUT2D eigenvalue weighted by Gasteiger charge is -2.10. The molecule has 0 atom stereocenters. The van der Waals surface area contributed by atoms with Gasteiger partial charge in [-0.15, -0.1) is 0 Å². The third-order valence-corrected chi connectivity index (χ3v) is 3.08. The Bertz CT molecular complexity index is 635. The van der Waals surface area contributed by atoms with Crippen molar-refractivity contribution >= 4 is 12.2 Å². The van der Waals surface area contributed by atoms with Gasteiger partial charge >= 0.3 is 12.2 Å². The molecule has 0 unspecified atom stereocenters. The number of carbonyl (C=O) groups is 2. The van der Waals surface area contributed by atoms with Crippen molar-refractivity contribution in [2.24, 2.45) is 0 Å². The fourth-order valence-electron chi connectivity index (χ4n) is 2.02. The molecule has 0 aromatic carbocycles. The minimum Gasteiger partial charge on any atom is -1.00 e. The van der Waals surface area contributed by atoms with Gasteiger partial charge in [0, 0.05) is 0 Å². The third-order valence-electron chi connectivity index (χ3n) is 3.08. The average Bonchev–Trinajstić information content (AvgIpc) is 2.55. The lowest BCUT2D eigenvalue weighted by Crippen LogP contribution is -3.00. The summed E-state index contributed by atoms with van der Waals surface area (Å²) in [5, 5.41) is 0. The van der Waals surface area contributed by atoms with Crippen molar-refractivity contribution in [1.82, 2.24) is 9.80 Å². The predicted octanol–water partition coefficient (Wildman–Crippen LogP) is -2.71. The van der Waals surface area contributed by atoms with Gasteiger partial charge in [-0.3, -0.25) is 0 Å². The van der Waals surface area contributed by atoms with Gasteiger partial charge in [-0.25, -0.2) is 0 Å². The molecule has 0 radical (unpaired) electrons. The Morgan fingerprint density at radius 1 is 1.00 bits per heavy atom. The molecule has 0 aliphatic carbocycles. The Hall–Kier alpha value is -2.36. The standard InChI is InChI=1S/C17H18N2O4.2ClH/c1-4-22-16(20)18-9-6-14(7-10-18)15-8-11-19(12-13(15)3)17(21)23-5-2;;/h6-9,11H,4-5H2,1-3H3;2*1H/q+2;;/p-2. The molecular weight excluding hydrogens is 367 g/mol. The second kappa shape index (κ2) is 10.5. The molecule has 0 aromatic heterocycles. The zero-order valence-corrected chi connectivity index (χ0v) is 15.6. The molecular formula is C17H18Cl2N2O4. The summed E-state index contributed by atoms with van der Waals surface area (Å²) in [6.45, 7) is 5.95. The predicted molar refractivity (Wildman–Crippen MR) is 83.3 cm³/mol. The third kappa shape index (κ3) is 5.59. The average molecular weight is 385 g/mol. The number of amides is 2. The van der Waals surface area contributed by atoms with Crippen molar-refractivity contribution in [3.63, 3.8) is 0 Å². The van der Waals surface area contributed by atoms with E-state index in [-0.39, 0.29) is 24.8 Å². The fraction of sp³-hybridized carbons (Fsp3) is 0.294. The summed E-state index contributed by atoms with van der Waals surface area (Å²) in [5.41, 5.74) is 2.52. The zero-order chi connectivity index (χ0) is 16.8. The van der Waals surface area contributed by atoms with Crippen LogP contribution in [0.15, 0.2) is 47.3 Å². The van der Waals surface area contributed by atoms with Gasteiger partial charge in [0.2, 0.25) is 0 Å². The van der Waals surface area contributed by atoms with Crippen molar-refractivity contribution in [2.75, 3.05) is 13.2 Å². The summed E-state index contributed by atoms with van der Waals surface area (Å²) in [5.74, 6) is 0. The van der Waals surface area contributed by atoms with Crippen LogP contribution in [0, 0.1) is 12.4 Å². The topological polar surface area (TPSA) is 59.1 Å². The van der Waals surface area contributed by atoms with Crippen LogP contribution in [-0.4, -0.2) is 35.2 Å². The fourth-order valence-corrected chi connectivity index (χ4v) is 2.02. The van der Waals surface area contributed by atoms with Crippen molar-refractivity contribution < 1.29 is 43.9 Å². The Balaban J connectivity index is 0.00000288. The number of nitrogens with zero attached hydrogens (tertiary/aromatic N) is 2. The summed E-state index contributed by atoms with van der Waals surface area (Å²) in [6.07, 6.45) is 13.3. The van der Waals surface area contributed by atoms with Gasteiger partial charge in [0.05, 0.1) is 12.2 Å². The first-order valence-corrected chi connectivity index (χ1v) is 7.29. The lowest BCUT2D eigenvalue weighted by molar-refractivity contribution is -0.001000. The van der Waals surface area contributed by atoms with Crippen LogP contribution in [-0.2, 0) is 9.47 Å². The maximum atomic E-state index is 11.7. The van der Waals surface area contributed by atoms with Crippen LogP contribution >= 0.6 is 0 Å². The van der Waals surface area contributed by atoms with Crippen LogP contribution in [0.4, 0.5) is 9.59 Å². The number of hydrogen-bond acceptors (Lipinski definition) is 4. The van der Waals surface area contributed by atoms with E-state index in [0.717, 1.165) is 16.7 Å². The van der Waals surface area contributed by atoms with E-state index in [1.54, 1.807) is 44.5 Å². The van der Waals surface area contributed by atoms with Crippen LogP contribution in [0.25, 0.3) is 0 Å². The molecule has 0 aromatic rings. The van der Waals surface area contributed by atoms with Crippen LogP contribution in [0.1, 0.15) is 20.8 Å². The largest absolute Gasteiger partial charge is 1.00 e. The normalized spacial score (nSPS) is 17.5. The molecule has 6 nitrogen and oxygen atoms in total. The number of halogens is 2. The molecule has 0 bridgehead atoms. The minimum absolute atomic E-state index is 0. The van der Waals surface area contributed by atoms with Crippen molar-refractivity contribution in [3.05, 3.63) is 59.7 Å². The summed E-state index contributed by atoms with van der Waals surface area (Å²) in [6, 6.07) is 0. The quantitative estimate of drug-likeness (QED) is 0.485. The molecule has 25 heavy (non-hydrogen) atoms. The highest BCUT2D eigenvalue weighted by atomic mass is 35.5. The SMILES string of the molecule is CCOC(=O)N1[C+]=CC(=C2C=CN(C(=O)OCC)[C+]=C2C)C=C1.[Cl-].[Cl-]. The van der Waals surface area contributed by atoms with Gasteiger partial charge in [0.15, 0.2) is 0 Å². The van der Waals surface area contributed by atoms with E-state index in [4.69, 9.17) is 9.47 Å². The first-order valence-electron chi connectivity index (χ1n) is 7.29. The summed E-state index contributed by atoms with van der Waals surface area (Å²) in [4.78, 5) is 25.8. The second-order valence-electron chi connectivity index (χ2n) is 4.65. The van der Waals surface area contributed by atoms with Crippen molar-refractivity contribution in [3.8, 4) is 0 Å². The maximum Gasteiger partial charge on any atom is 0.508 e. The lowest BCUT2D eigenvalue weighted by atomic mass is 9.98. The molecule has 2 heterocycles. The van der Waals surface area contributed by atoms with Gasteiger partial charge < -0.3 is 34.3 Å². The summed E-state index contributed by atoms with van der Waals surface area (Å²) in [7, 11) is 0. The van der Waals surface area contributed by atoms with Crippen LogP contribution in [0.3, 0.4) is 0 Å². The van der Waals surface area contributed by atoms with Gasteiger partial charge in [0.25, 0.3) is 0 Å². The van der Waals surface area contributed by atoms with E-state index in [0.29, 0.717) is 13.2 Å². The number of carbonyl (C=O) groups excluding carboxylic acids is 2. The molecule has 2 rings (SSSR count). The van der Waals surface area contributed by atoms with E-state index in [1.807, 2.05) is 6.92 Å². The number of rotatable bonds is 2. The monoisotopic (exact) mass is 384 g/mol. The maximum absolute atomic E-state index is 11.7. The first-order chi connectivity index (χ1) is 11.1. The van der Waals surface area contributed by atoms with E-state index in [2.05, 4.69) is 12.4 Å². The molecule has 0 spiro atoms. The molecule has 2 amide bonds. The number of allylic oxidation sites excluding steroid dienone is 6. The van der Waals surface area contributed by atoms with Crippen molar-refractivity contribution in [1.29, 1.82) is 0 Å². The Morgan fingerprint density at radius 2 is 1.56 bits per heavy atom. The van der Waals surface area contributed by atoms with Crippen molar-refractivity contribution in [2.45, 2.75) is 20.8 Å². The minimum atomic E-state index is -0.476. The van der Waals surface area contributed by atoms with Gasteiger partial charge in [-0.1, -0.05) is 9.80 Å². The summed E-state index contributed by atoms with van der Waals surface area (Å²) >= 11 is 0. The van der Waals surface area contributed by atoms with E-state index >= 15 is 0 Å². The zero-order valence-electron chi connectivity index (χ0n) is 14.1. The first kappa shape index (κ1) is 22.6. The molecule has 0 saturated carbocycles. The highest BCUT2D eigenvalue weighted by molar-refractivity contribution is 5.72. The van der Waals surface area contributed by atoms with E-state index in [1.165, 1.54) is 9.80 Å². The van der Waals surface area contributed by atoms with Crippen LogP contribution in [0.5, 0.6) is 0 Å². The molecule has 134 valence electrons. The Labute approximate surface area is 159 Å². The Morgan fingerprint density at radius 3 is 2.04 bits per heavy atom. The molecule has 2 aliphatic heterocycles. The second-order valence-corrected chi connectivity index (χ2v) is 4.65. The van der Waals surface area contributed by atoms with Gasteiger partial charge in [0.1, 0.15) is 60.8 Å². The smallest absolute Gasteiger partial charge is 0.508 e. The van der Waals surface area contributed by atoms with Crippen LogP contribution in [0.2, 0.25) is 0 Å². The van der Waals surface area contributed by atoms with Crippen LogP contribution < -0.4 is 24.8 Å². The molecule has 0 fully saturated rings. The number of ether oxygens (including phenoxy) is 2. The molecule has 0 saturated heterocycles. The van der Waals surface area contributed by atoms with Gasteiger partial charge in [-0.05, 0) is 20.8 Å².